The van der Waals surface area contributed by atoms with Crippen molar-refractivity contribution in [1.29, 1.82) is 0 Å². The molecule has 3 N–H and O–H groups in total. The van der Waals surface area contributed by atoms with Crippen LogP contribution in [0.3, 0.4) is 0 Å². The first-order valence-corrected chi connectivity index (χ1v) is 2.35. The summed E-state index contributed by atoms with van der Waals surface area (Å²) in [6.07, 6.45) is 0. The van der Waals surface area contributed by atoms with Crippen LogP contribution in [0.1, 0.15) is 0 Å². The Hall–Kier alpha value is 4.71. The van der Waals surface area contributed by atoms with Crippen molar-refractivity contribution in [2.75, 3.05) is 0 Å². The van der Waals surface area contributed by atoms with Gasteiger partial charge in [-0.1, -0.05) is 0 Å². The SMILES string of the molecule is O=P(O)(O)O.[AlH3].[CaH2].[Fe].[MgH2].[Mn].[NaH]. The van der Waals surface area contributed by atoms with Crippen molar-refractivity contribution in [2.45, 2.75) is 0 Å². The van der Waals surface area contributed by atoms with Crippen molar-refractivity contribution in [3.8, 4) is 0 Å². The van der Waals surface area contributed by atoms with Crippen LogP contribution in [-0.2, 0) is 38.7 Å². The Morgan fingerprint density at radius 1 is 1.09 bits per heavy atom. The Morgan fingerprint density at radius 3 is 1.09 bits per heavy atom. The first-order chi connectivity index (χ1) is 2.00. The second-order valence-electron chi connectivity index (χ2n) is 0.513. The molecule has 11 heavy (non-hydrogen) atoms. The molecular formula is H11AlCaFeMgMnNaO4P. The zero-order valence-corrected chi connectivity index (χ0v) is 6.11. The molecule has 0 amide bonds. The zero-order chi connectivity index (χ0) is 4.50. The van der Waals surface area contributed by atoms with E-state index in [1.807, 2.05) is 0 Å². The minimum atomic E-state index is -4.64. The summed E-state index contributed by atoms with van der Waals surface area (Å²) in [5.74, 6) is 0. The molecule has 0 saturated carbocycles. The van der Waals surface area contributed by atoms with Gasteiger partial charge in [-0.3, -0.25) is 0 Å². The number of hydrogen-bond donors (Lipinski definition) is 3. The molecule has 0 aromatic rings. The third-order valence-corrected chi connectivity index (χ3v) is 0. The molecule has 0 fully saturated rings. The van der Waals surface area contributed by atoms with E-state index in [4.69, 9.17) is 19.2 Å². The molecule has 0 spiro atoms. The van der Waals surface area contributed by atoms with E-state index in [2.05, 4.69) is 0 Å². The van der Waals surface area contributed by atoms with Crippen molar-refractivity contribution < 1.29 is 53.4 Å². The van der Waals surface area contributed by atoms with Crippen LogP contribution in [0.15, 0.2) is 0 Å². The van der Waals surface area contributed by atoms with Crippen LogP contribution in [0.4, 0.5) is 0 Å². The van der Waals surface area contributed by atoms with Crippen LogP contribution in [0, 0.1) is 0 Å². The van der Waals surface area contributed by atoms with Crippen LogP contribution < -0.4 is 0 Å². The van der Waals surface area contributed by atoms with E-state index in [9.17, 15) is 0 Å². The minimum absolute atomic E-state index is 0. The maximum absolute atomic E-state index is 8.88. The van der Waals surface area contributed by atoms with Crippen molar-refractivity contribution in [3.63, 3.8) is 0 Å². The average molecular weight is 331 g/mol. The summed E-state index contributed by atoms with van der Waals surface area (Å²) in [6.45, 7) is 0. The Morgan fingerprint density at radius 2 is 1.09 bits per heavy atom. The van der Waals surface area contributed by atoms with Crippen molar-refractivity contribution in [1.82, 2.24) is 0 Å². The van der Waals surface area contributed by atoms with Crippen LogP contribution in [0.5, 0.6) is 0 Å². The molecular weight excluding hydrogens is 320 g/mol. The fraction of sp³-hybridized carbons (Fsp3) is 0. The van der Waals surface area contributed by atoms with E-state index in [-0.39, 0.29) is 142 Å². The second-order valence-corrected chi connectivity index (χ2v) is 1.54. The van der Waals surface area contributed by atoms with Gasteiger partial charge in [-0.05, 0) is 0 Å². The zero-order valence-electron chi connectivity index (χ0n) is 2.93. The molecule has 1 radical (unpaired) electrons. The van der Waals surface area contributed by atoms with E-state index in [0.29, 0.717) is 0 Å². The molecule has 11 heteroatoms. The van der Waals surface area contributed by atoms with E-state index < -0.39 is 7.82 Å². The van der Waals surface area contributed by atoms with E-state index in [1.54, 1.807) is 0 Å². The molecule has 63 valence electrons. The third kappa shape index (κ3) is 107. The molecule has 0 aliphatic rings. The molecule has 4 nitrogen and oxygen atoms in total. The number of phosphoric acid groups is 1. The first-order valence-electron chi connectivity index (χ1n) is 0.783. The average Bonchev–Trinajstić information content (AvgIpc) is 0.722. The predicted octanol–water partition coefficient (Wildman–Crippen LogP) is -4.60. The van der Waals surface area contributed by atoms with Gasteiger partial charge in [-0.2, -0.15) is 0 Å². The number of hydrogen-bond acceptors (Lipinski definition) is 1. The predicted molar refractivity (Wildman–Crippen MR) is 48.4 cm³/mol. The molecule has 0 aliphatic heterocycles. The van der Waals surface area contributed by atoms with Gasteiger partial charge in [0.15, 0.2) is 17.4 Å². The van der Waals surface area contributed by atoms with Crippen molar-refractivity contribution in [3.05, 3.63) is 0 Å². The van der Waals surface area contributed by atoms with Crippen molar-refractivity contribution >= 4 is 116 Å². The van der Waals surface area contributed by atoms with E-state index >= 15 is 0 Å². The number of rotatable bonds is 0. The molecule has 0 aliphatic carbocycles. The van der Waals surface area contributed by atoms with Gasteiger partial charge < -0.3 is 14.7 Å². The van der Waals surface area contributed by atoms with Crippen LogP contribution in [0.25, 0.3) is 0 Å². The summed E-state index contributed by atoms with van der Waals surface area (Å²) in [4.78, 5) is 21.6. The van der Waals surface area contributed by atoms with Gasteiger partial charge in [0, 0.05) is 34.1 Å². The molecule has 0 saturated heterocycles. The van der Waals surface area contributed by atoms with Gasteiger partial charge in [0.1, 0.15) is 0 Å². The first kappa shape index (κ1) is 44.8. The van der Waals surface area contributed by atoms with E-state index in [0.717, 1.165) is 0 Å². The fourth-order valence-electron chi connectivity index (χ4n) is 0. The van der Waals surface area contributed by atoms with Gasteiger partial charge in [-0.25, -0.2) is 4.57 Å². The summed E-state index contributed by atoms with van der Waals surface area (Å²) < 4.78 is 8.88. The Kier molecular flexibility index (Phi) is 98.2. The molecule has 0 aromatic carbocycles. The van der Waals surface area contributed by atoms with Crippen LogP contribution in [-0.4, -0.2) is 122 Å². The summed E-state index contributed by atoms with van der Waals surface area (Å²) in [7, 11) is -4.64. The summed E-state index contributed by atoms with van der Waals surface area (Å²) in [6, 6.07) is 0. The molecule has 0 unspecified atom stereocenters. The van der Waals surface area contributed by atoms with Crippen LogP contribution in [0.2, 0.25) is 0 Å². The Labute approximate surface area is 165 Å². The normalized spacial score (nSPS) is 5.36. The Balaban J connectivity index is -0.00000000533. The maximum atomic E-state index is 8.88. The van der Waals surface area contributed by atoms with Crippen molar-refractivity contribution in [2.24, 2.45) is 0 Å². The Bertz CT molecular complexity index is 76.2. The summed E-state index contributed by atoms with van der Waals surface area (Å²) in [5, 5.41) is 0. The van der Waals surface area contributed by atoms with Gasteiger partial charge in [0.05, 0.1) is 0 Å². The molecule has 0 rings (SSSR count). The van der Waals surface area contributed by atoms with Gasteiger partial charge in [0.25, 0.3) is 0 Å². The van der Waals surface area contributed by atoms with E-state index in [1.165, 1.54) is 0 Å². The topological polar surface area (TPSA) is 77.8 Å². The monoisotopic (exact) mass is 331 g/mol. The summed E-state index contributed by atoms with van der Waals surface area (Å²) in [5.41, 5.74) is 0. The molecule has 0 bridgehead atoms. The van der Waals surface area contributed by atoms with Crippen LogP contribution >= 0.6 is 7.82 Å². The molecule has 0 atom stereocenters. The standard InChI is InChI=1S/Al.Ca.Fe.Mg.Mn.Na.H3O4P.8H/c;;;;;;1-5(2,3)4;;;;;;;;/h;;;;;;(H3,1,2,3,4);;;;;;;;. The quantitative estimate of drug-likeness (QED) is 0.308. The third-order valence-electron chi connectivity index (χ3n) is 0. The van der Waals surface area contributed by atoms with Gasteiger partial charge in [0.2, 0.25) is 0 Å². The van der Waals surface area contributed by atoms with Gasteiger partial charge in [-0.15, -0.1) is 0 Å². The fourth-order valence-corrected chi connectivity index (χ4v) is 0. The van der Waals surface area contributed by atoms with Gasteiger partial charge >= 0.3 is 98.2 Å². The molecule has 0 heterocycles. The molecule has 0 aromatic heterocycles. The summed E-state index contributed by atoms with van der Waals surface area (Å²) >= 11 is 0. The second kappa shape index (κ2) is 24.1.